The maximum absolute atomic E-state index is 13.2. The number of hydrogen-bond donors (Lipinski definition) is 1. The molecule has 3 rings (SSSR count). The van der Waals surface area contributed by atoms with Gasteiger partial charge in [-0.1, -0.05) is 53.8 Å². The SMILES string of the molecule is Cc1ccc(C(=O)C(SC(=S)N2CCNCC2)=C2SCCCS2)cc1. The monoisotopic (exact) mass is 410 g/mol. The third kappa shape index (κ3) is 5.26. The van der Waals surface area contributed by atoms with Gasteiger partial charge >= 0.3 is 0 Å². The van der Waals surface area contributed by atoms with Crippen molar-refractivity contribution < 1.29 is 4.79 Å². The molecule has 1 aromatic rings. The first-order valence-electron chi connectivity index (χ1n) is 8.44. The molecule has 0 amide bonds. The van der Waals surface area contributed by atoms with Gasteiger partial charge in [0.05, 0.1) is 9.14 Å². The molecular formula is C18H22N2OS4. The molecule has 134 valence electrons. The third-order valence-corrected chi connectivity index (χ3v) is 8.44. The number of nitrogens with zero attached hydrogens (tertiary/aromatic N) is 1. The Balaban J connectivity index is 1.83. The highest BCUT2D eigenvalue weighted by atomic mass is 32.2. The standard InChI is InChI=1S/C18H22N2OS4/c1-13-3-5-14(6-4-13)15(21)16(17-23-11-2-12-24-17)25-18(22)20-9-7-19-8-10-20/h3-6,19H,2,7-12H2,1H3. The van der Waals surface area contributed by atoms with Gasteiger partial charge in [0.1, 0.15) is 4.32 Å². The lowest BCUT2D eigenvalue weighted by Crippen LogP contribution is -2.45. The van der Waals surface area contributed by atoms with Crippen LogP contribution >= 0.6 is 47.5 Å². The first-order chi connectivity index (χ1) is 12.1. The first kappa shape index (κ1) is 19.3. The van der Waals surface area contributed by atoms with Crippen molar-refractivity contribution in [2.75, 3.05) is 37.7 Å². The van der Waals surface area contributed by atoms with Crippen LogP contribution in [0.2, 0.25) is 0 Å². The van der Waals surface area contributed by atoms with E-state index in [-0.39, 0.29) is 5.78 Å². The number of rotatable bonds is 3. The highest BCUT2D eigenvalue weighted by molar-refractivity contribution is 8.28. The average Bonchev–Trinajstić information content (AvgIpc) is 2.67. The summed E-state index contributed by atoms with van der Waals surface area (Å²) >= 11 is 10.7. The predicted octanol–water partition coefficient (Wildman–Crippen LogP) is 4.14. The molecule has 0 saturated carbocycles. The van der Waals surface area contributed by atoms with Crippen LogP contribution in [0.1, 0.15) is 22.3 Å². The van der Waals surface area contributed by atoms with Crippen molar-refractivity contribution in [3.63, 3.8) is 0 Å². The molecule has 0 aromatic heterocycles. The molecule has 0 bridgehead atoms. The topological polar surface area (TPSA) is 32.3 Å². The fourth-order valence-corrected chi connectivity index (χ4v) is 6.81. The van der Waals surface area contributed by atoms with Crippen molar-refractivity contribution in [2.24, 2.45) is 0 Å². The zero-order chi connectivity index (χ0) is 17.6. The second-order valence-electron chi connectivity index (χ2n) is 5.97. The van der Waals surface area contributed by atoms with E-state index < -0.39 is 0 Å². The normalized spacial score (nSPS) is 18.1. The van der Waals surface area contributed by atoms with E-state index in [1.807, 2.05) is 31.2 Å². The van der Waals surface area contributed by atoms with E-state index in [0.29, 0.717) is 0 Å². The summed E-state index contributed by atoms with van der Waals surface area (Å²) < 4.78 is 1.95. The second-order valence-corrected chi connectivity index (χ2v) is 10.1. The second kappa shape index (κ2) is 9.46. The molecular weight excluding hydrogens is 388 g/mol. The maximum atomic E-state index is 13.2. The van der Waals surface area contributed by atoms with E-state index in [2.05, 4.69) is 10.2 Å². The number of thioether (sulfide) groups is 3. The zero-order valence-corrected chi connectivity index (χ0v) is 17.5. The molecule has 1 aromatic carbocycles. The Labute approximate surface area is 167 Å². The summed E-state index contributed by atoms with van der Waals surface area (Å²) in [5.74, 6) is 2.25. The van der Waals surface area contributed by atoms with Crippen molar-refractivity contribution in [3.8, 4) is 0 Å². The molecule has 0 unspecified atom stereocenters. The highest BCUT2D eigenvalue weighted by Crippen LogP contribution is 2.42. The van der Waals surface area contributed by atoms with Gasteiger partial charge in [0, 0.05) is 31.7 Å². The number of carbonyl (C=O) groups excluding carboxylic acids is 1. The molecule has 2 heterocycles. The Bertz CT molecular complexity index is 658. The summed E-state index contributed by atoms with van der Waals surface area (Å²) in [7, 11) is 0. The number of allylic oxidation sites excluding steroid dienone is 1. The predicted molar refractivity (Wildman–Crippen MR) is 117 cm³/mol. The molecule has 25 heavy (non-hydrogen) atoms. The van der Waals surface area contributed by atoms with Gasteiger partial charge in [0.15, 0.2) is 0 Å². The van der Waals surface area contributed by atoms with Crippen LogP contribution < -0.4 is 5.32 Å². The Morgan fingerprint density at radius 3 is 2.44 bits per heavy atom. The molecule has 2 aliphatic rings. The highest BCUT2D eigenvalue weighted by Gasteiger charge is 2.24. The van der Waals surface area contributed by atoms with Gasteiger partial charge in [-0.15, -0.1) is 23.5 Å². The Hall–Kier alpha value is -0.470. The van der Waals surface area contributed by atoms with Gasteiger partial charge < -0.3 is 10.2 Å². The summed E-state index contributed by atoms with van der Waals surface area (Å²) in [5, 5.41) is 3.34. The minimum atomic E-state index is 0.0967. The number of nitrogens with one attached hydrogen (secondary N) is 1. The molecule has 0 radical (unpaired) electrons. The maximum Gasteiger partial charge on any atom is 0.201 e. The Morgan fingerprint density at radius 2 is 1.80 bits per heavy atom. The minimum Gasteiger partial charge on any atom is -0.355 e. The van der Waals surface area contributed by atoms with Crippen LogP contribution in [-0.4, -0.2) is 52.7 Å². The smallest absolute Gasteiger partial charge is 0.201 e. The number of ketones is 1. The quantitative estimate of drug-likeness (QED) is 0.455. The van der Waals surface area contributed by atoms with Gasteiger partial charge in [-0.25, -0.2) is 0 Å². The van der Waals surface area contributed by atoms with E-state index in [4.69, 9.17) is 12.2 Å². The number of carbonyl (C=O) groups is 1. The van der Waals surface area contributed by atoms with Gasteiger partial charge in [-0.2, -0.15) is 0 Å². The lowest BCUT2D eigenvalue weighted by atomic mass is 10.1. The van der Waals surface area contributed by atoms with Gasteiger partial charge in [-0.3, -0.25) is 4.79 Å². The molecule has 0 atom stereocenters. The molecule has 2 fully saturated rings. The number of piperazine rings is 1. The molecule has 2 aliphatic heterocycles. The van der Waals surface area contributed by atoms with Crippen molar-refractivity contribution >= 4 is 57.6 Å². The minimum absolute atomic E-state index is 0.0967. The number of benzene rings is 1. The Morgan fingerprint density at radius 1 is 1.16 bits per heavy atom. The summed E-state index contributed by atoms with van der Waals surface area (Å²) in [4.78, 5) is 16.2. The zero-order valence-electron chi connectivity index (χ0n) is 14.2. The molecule has 0 aliphatic carbocycles. The average molecular weight is 411 g/mol. The molecule has 1 N–H and O–H groups in total. The fourth-order valence-electron chi connectivity index (χ4n) is 2.58. The largest absolute Gasteiger partial charge is 0.355 e. The number of aryl methyl sites for hydroxylation is 1. The lowest BCUT2D eigenvalue weighted by molar-refractivity contribution is 0.104. The van der Waals surface area contributed by atoms with E-state index in [0.717, 1.165) is 62.3 Å². The lowest BCUT2D eigenvalue weighted by Gasteiger charge is -2.29. The van der Waals surface area contributed by atoms with E-state index in [1.54, 1.807) is 23.5 Å². The number of hydrogen-bond acceptors (Lipinski definition) is 6. The van der Waals surface area contributed by atoms with Gasteiger partial charge in [-0.05, 0) is 24.9 Å². The van der Waals surface area contributed by atoms with E-state index in [1.165, 1.54) is 18.2 Å². The molecule has 0 spiro atoms. The van der Waals surface area contributed by atoms with Crippen molar-refractivity contribution in [2.45, 2.75) is 13.3 Å². The van der Waals surface area contributed by atoms with Crippen LogP contribution in [0.15, 0.2) is 33.4 Å². The van der Waals surface area contributed by atoms with Crippen molar-refractivity contribution in [1.29, 1.82) is 0 Å². The van der Waals surface area contributed by atoms with E-state index in [9.17, 15) is 4.79 Å². The van der Waals surface area contributed by atoms with Crippen LogP contribution in [0.3, 0.4) is 0 Å². The van der Waals surface area contributed by atoms with Crippen molar-refractivity contribution in [3.05, 3.63) is 44.5 Å². The third-order valence-electron chi connectivity index (χ3n) is 4.02. The van der Waals surface area contributed by atoms with Crippen molar-refractivity contribution in [1.82, 2.24) is 10.2 Å². The summed E-state index contributed by atoms with van der Waals surface area (Å²) in [6, 6.07) is 7.83. The number of Topliss-reactive ketones (excluding diaryl/α,β-unsaturated/α-hetero) is 1. The van der Waals surface area contributed by atoms with Gasteiger partial charge in [0.2, 0.25) is 5.78 Å². The summed E-state index contributed by atoms with van der Waals surface area (Å²) in [6.07, 6.45) is 1.19. The van der Waals surface area contributed by atoms with Crippen LogP contribution in [-0.2, 0) is 0 Å². The van der Waals surface area contributed by atoms with Crippen LogP contribution in [0.25, 0.3) is 0 Å². The van der Waals surface area contributed by atoms with Gasteiger partial charge in [0.25, 0.3) is 0 Å². The van der Waals surface area contributed by atoms with Crippen LogP contribution in [0.4, 0.5) is 0 Å². The van der Waals surface area contributed by atoms with E-state index >= 15 is 0 Å². The van der Waals surface area contributed by atoms with Crippen LogP contribution in [0.5, 0.6) is 0 Å². The molecule has 7 heteroatoms. The van der Waals surface area contributed by atoms with Crippen LogP contribution in [0, 0.1) is 6.92 Å². The Kier molecular flexibility index (Phi) is 7.30. The molecule has 3 nitrogen and oxygen atoms in total. The summed E-state index contributed by atoms with van der Waals surface area (Å²) in [5.41, 5.74) is 1.91. The number of thiocarbonyl (C=S) groups is 1. The molecule has 2 saturated heterocycles. The first-order valence-corrected chi connectivity index (χ1v) is 11.6. The summed E-state index contributed by atoms with van der Waals surface area (Å²) in [6.45, 7) is 5.75. The fraction of sp³-hybridized carbons (Fsp3) is 0.444.